The van der Waals surface area contributed by atoms with Crippen LogP contribution in [0.2, 0.25) is 0 Å². The predicted molar refractivity (Wildman–Crippen MR) is 78.6 cm³/mol. The molecule has 2 atom stereocenters. The number of fused-ring (bicyclic) bond motifs is 1. The van der Waals surface area contributed by atoms with E-state index in [0.717, 1.165) is 11.6 Å². The van der Waals surface area contributed by atoms with Crippen molar-refractivity contribution >= 4 is 0 Å². The number of hydrogen-bond acceptors (Lipinski definition) is 2. The lowest BCUT2D eigenvalue weighted by atomic mass is 10.0. The van der Waals surface area contributed by atoms with Crippen LogP contribution in [-0.2, 0) is 6.54 Å². The second kappa shape index (κ2) is 5.54. The van der Waals surface area contributed by atoms with Gasteiger partial charge in [-0.1, -0.05) is 30.3 Å². The van der Waals surface area contributed by atoms with Gasteiger partial charge in [-0.25, -0.2) is 8.78 Å². The van der Waals surface area contributed by atoms with Gasteiger partial charge in [-0.2, -0.15) is 0 Å². The van der Waals surface area contributed by atoms with Crippen LogP contribution in [-0.4, -0.2) is 11.4 Å². The molecule has 1 aliphatic heterocycles. The van der Waals surface area contributed by atoms with Crippen LogP contribution in [0, 0.1) is 11.6 Å². The number of rotatable bonds is 3. The standard InChI is InChI=1S/C17H18F2N2/c1-11(12-5-3-2-4-6-12)21-10-15-14(17(21)9-20)7-13(18)8-16(15)19/h2-8,11,17H,9-10,20H2,1H3. The van der Waals surface area contributed by atoms with Crippen molar-refractivity contribution in [2.75, 3.05) is 6.54 Å². The molecule has 0 fully saturated rings. The third-order valence-corrected chi connectivity index (χ3v) is 4.30. The van der Waals surface area contributed by atoms with Crippen LogP contribution in [0.15, 0.2) is 42.5 Å². The Kier molecular flexibility index (Phi) is 3.74. The zero-order chi connectivity index (χ0) is 15.0. The van der Waals surface area contributed by atoms with Gasteiger partial charge in [0.1, 0.15) is 11.6 Å². The molecule has 0 saturated carbocycles. The average molecular weight is 288 g/mol. The molecule has 0 saturated heterocycles. The van der Waals surface area contributed by atoms with Crippen LogP contribution in [0.25, 0.3) is 0 Å². The molecule has 2 nitrogen and oxygen atoms in total. The van der Waals surface area contributed by atoms with Crippen LogP contribution >= 0.6 is 0 Å². The topological polar surface area (TPSA) is 29.3 Å². The Balaban J connectivity index is 1.97. The molecule has 0 aliphatic carbocycles. The highest BCUT2D eigenvalue weighted by Crippen LogP contribution is 2.40. The van der Waals surface area contributed by atoms with Crippen LogP contribution in [0.5, 0.6) is 0 Å². The van der Waals surface area contributed by atoms with E-state index in [9.17, 15) is 8.78 Å². The molecule has 2 aromatic rings. The van der Waals surface area contributed by atoms with E-state index >= 15 is 0 Å². The van der Waals surface area contributed by atoms with Gasteiger partial charge in [0.25, 0.3) is 0 Å². The highest BCUT2D eigenvalue weighted by molar-refractivity contribution is 5.37. The quantitative estimate of drug-likeness (QED) is 0.936. The predicted octanol–water partition coefficient (Wildman–Crippen LogP) is 3.54. The Morgan fingerprint density at radius 2 is 1.95 bits per heavy atom. The lowest BCUT2D eigenvalue weighted by Crippen LogP contribution is -2.30. The molecule has 1 heterocycles. The van der Waals surface area contributed by atoms with Gasteiger partial charge in [0.2, 0.25) is 0 Å². The summed E-state index contributed by atoms with van der Waals surface area (Å²) < 4.78 is 27.5. The van der Waals surface area contributed by atoms with Crippen LogP contribution in [0.1, 0.15) is 35.7 Å². The van der Waals surface area contributed by atoms with Gasteiger partial charge < -0.3 is 5.73 Å². The summed E-state index contributed by atoms with van der Waals surface area (Å²) in [6.45, 7) is 2.87. The minimum atomic E-state index is -0.543. The van der Waals surface area contributed by atoms with Crippen molar-refractivity contribution in [1.82, 2.24) is 4.90 Å². The van der Waals surface area contributed by atoms with Gasteiger partial charge in [0, 0.05) is 36.8 Å². The van der Waals surface area contributed by atoms with Crippen molar-refractivity contribution in [3.05, 3.63) is 70.8 Å². The van der Waals surface area contributed by atoms with E-state index in [2.05, 4.69) is 11.8 Å². The summed E-state index contributed by atoms with van der Waals surface area (Å²) in [6.07, 6.45) is 0. The Hall–Kier alpha value is -1.78. The molecule has 3 rings (SSSR count). The van der Waals surface area contributed by atoms with Crippen molar-refractivity contribution in [3.63, 3.8) is 0 Å². The first-order chi connectivity index (χ1) is 10.1. The zero-order valence-corrected chi connectivity index (χ0v) is 11.9. The Bertz CT molecular complexity index is 643. The maximum absolute atomic E-state index is 14.0. The number of nitrogens with zero attached hydrogens (tertiary/aromatic N) is 1. The molecule has 2 unspecified atom stereocenters. The number of halogens is 2. The second-order valence-electron chi connectivity index (χ2n) is 5.47. The van der Waals surface area contributed by atoms with Crippen molar-refractivity contribution in [2.45, 2.75) is 25.6 Å². The van der Waals surface area contributed by atoms with Gasteiger partial charge in [-0.05, 0) is 24.1 Å². The molecule has 0 radical (unpaired) electrons. The molecule has 0 bridgehead atoms. The minimum Gasteiger partial charge on any atom is -0.329 e. The van der Waals surface area contributed by atoms with Gasteiger partial charge in [0.15, 0.2) is 0 Å². The van der Waals surface area contributed by atoms with E-state index in [1.54, 1.807) is 0 Å². The minimum absolute atomic E-state index is 0.0922. The largest absolute Gasteiger partial charge is 0.329 e. The van der Waals surface area contributed by atoms with Crippen LogP contribution in [0.3, 0.4) is 0 Å². The summed E-state index contributed by atoms with van der Waals surface area (Å²) in [5.41, 5.74) is 8.25. The molecule has 0 aromatic heterocycles. The van der Waals surface area contributed by atoms with Crippen LogP contribution in [0.4, 0.5) is 8.78 Å². The summed E-state index contributed by atoms with van der Waals surface area (Å²) in [4.78, 5) is 2.13. The lowest BCUT2D eigenvalue weighted by Gasteiger charge is -2.30. The summed E-state index contributed by atoms with van der Waals surface area (Å²) >= 11 is 0. The molecule has 0 amide bonds. The summed E-state index contributed by atoms with van der Waals surface area (Å²) in [5, 5.41) is 0. The van der Waals surface area contributed by atoms with Gasteiger partial charge in [0.05, 0.1) is 0 Å². The number of nitrogens with two attached hydrogens (primary N) is 1. The van der Waals surface area contributed by atoms with E-state index in [0.29, 0.717) is 24.2 Å². The molecule has 2 aromatic carbocycles. The average Bonchev–Trinajstić information content (AvgIpc) is 2.86. The fraction of sp³-hybridized carbons (Fsp3) is 0.294. The van der Waals surface area contributed by atoms with E-state index in [-0.39, 0.29) is 12.1 Å². The number of hydrogen-bond donors (Lipinski definition) is 1. The molecule has 110 valence electrons. The summed E-state index contributed by atoms with van der Waals surface area (Å²) in [7, 11) is 0. The first kappa shape index (κ1) is 14.2. The fourth-order valence-electron chi connectivity index (χ4n) is 3.15. The van der Waals surface area contributed by atoms with Crippen molar-refractivity contribution in [3.8, 4) is 0 Å². The molecule has 0 spiro atoms. The highest BCUT2D eigenvalue weighted by Gasteiger charge is 2.35. The molecule has 1 aliphatic rings. The van der Waals surface area contributed by atoms with E-state index in [1.807, 2.05) is 30.3 Å². The van der Waals surface area contributed by atoms with E-state index in [4.69, 9.17) is 5.73 Å². The van der Waals surface area contributed by atoms with Gasteiger partial charge in [-0.15, -0.1) is 0 Å². The molecule has 2 N–H and O–H groups in total. The van der Waals surface area contributed by atoms with Crippen molar-refractivity contribution in [2.24, 2.45) is 5.73 Å². The first-order valence-corrected chi connectivity index (χ1v) is 7.10. The van der Waals surface area contributed by atoms with Crippen LogP contribution < -0.4 is 5.73 Å². The first-order valence-electron chi connectivity index (χ1n) is 7.10. The third kappa shape index (κ3) is 2.45. The Morgan fingerprint density at radius 3 is 2.62 bits per heavy atom. The Labute approximate surface area is 123 Å². The molecular formula is C17H18F2N2. The van der Waals surface area contributed by atoms with E-state index in [1.165, 1.54) is 6.07 Å². The van der Waals surface area contributed by atoms with Gasteiger partial charge >= 0.3 is 0 Å². The monoisotopic (exact) mass is 288 g/mol. The highest BCUT2D eigenvalue weighted by atomic mass is 19.1. The third-order valence-electron chi connectivity index (χ3n) is 4.30. The SMILES string of the molecule is CC(c1ccccc1)N1Cc2c(F)cc(F)cc2C1CN. The molecular weight excluding hydrogens is 270 g/mol. The normalized spacial score (nSPS) is 19.5. The summed E-state index contributed by atoms with van der Waals surface area (Å²) in [5.74, 6) is -1.02. The molecule has 21 heavy (non-hydrogen) atoms. The lowest BCUT2D eigenvalue weighted by molar-refractivity contribution is 0.160. The van der Waals surface area contributed by atoms with Crippen molar-refractivity contribution < 1.29 is 8.78 Å². The summed E-state index contributed by atoms with van der Waals surface area (Å²) in [6, 6.07) is 12.3. The molecule has 4 heteroatoms. The maximum Gasteiger partial charge on any atom is 0.130 e. The van der Waals surface area contributed by atoms with E-state index < -0.39 is 11.6 Å². The van der Waals surface area contributed by atoms with Crippen molar-refractivity contribution in [1.29, 1.82) is 0 Å². The van der Waals surface area contributed by atoms with Gasteiger partial charge in [-0.3, -0.25) is 4.90 Å². The maximum atomic E-state index is 14.0. The number of benzene rings is 2. The Morgan fingerprint density at radius 1 is 1.24 bits per heavy atom. The second-order valence-corrected chi connectivity index (χ2v) is 5.47. The zero-order valence-electron chi connectivity index (χ0n) is 11.9. The smallest absolute Gasteiger partial charge is 0.130 e. The fourth-order valence-corrected chi connectivity index (χ4v) is 3.15.